The van der Waals surface area contributed by atoms with E-state index < -0.39 is 5.92 Å². The van der Waals surface area contributed by atoms with Gasteiger partial charge in [0.25, 0.3) is 5.91 Å². The minimum absolute atomic E-state index is 0.0546. The summed E-state index contributed by atoms with van der Waals surface area (Å²) in [5.41, 5.74) is 1.39. The SMILES string of the molecule is CN(C)C(=O)c1ccc2oc(C(CC(O)=S)C(O)=S)nc2c1. The molecule has 0 fully saturated rings. The van der Waals surface area contributed by atoms with Crippen LogP contribution in [0.5, 0.6) is 0 Å². The zero-order valence-corrected chi connectivity index (χ0v) is 13.6. The van der Waals surface area contributed by atoms with Crippen molar-refractivity contribution in [1.29, 1.82) is 0 Å². The van der Waals surface area contributed by atoms with Crippen molar-refractivity contribution in [2.75, 3.05) is 14.1 Å². The Hall–Kier alpha value is -2.06. The number of benzene rings is 1. The maximum Gasteiger partial charge on any atom is 0.253 e. The lowest BCUT2D eigenvalue weighted by Gasteiger charge is -2.09. The lowest BCUT2D eigenvalue weighted by atomic mass is 10.1. The highest BCUT2D eigenvalue weighted by molar-refractivity contribution is 7.80. The first kappa shape index (κ1) is 16.3. The molecule has 0 aliphatic rings. The number of aliphatic hydroxyl groups excluding tert-OH is 2. The molecule has 22 heavy (non-hydrogen) atoms. The minimum Gasteiger partial charge on any atom is -0.502 e. The summed E-state index contributed by atoms with van der Waals surface area (Å²) in [6.45, 7) is 0. The van der Waals surface area contributed by atoms with E-state index in [1.165, 1.54) is 4.90 Å². The normalized spacial score (nSPS) is 12.1. The Morgan fingerprint density at radius 3 is 2.59 bits per heavy atom. The average Bonchev–Trinajstić information content (AvgIpc) is 2.85. The third kappa shape index (κ3) is 3.40. The van der Waals surface area contributed by atoms with Gasteiger partial charge in [-0.15, -0.1) is 0 Å². The molecular weight excluding hydrogens is 324 g/mol. The number of aromatic nitrogens is 1. The topological polar surface area (TPSA) is 86.8 Å². The molecule has 1 atom stereocenters. The van der Waals surface area contributed by atoms with Crippen LogP contribution in [0.15, 0.2) is 22.6 Å². The van der Waals surface area contributed by atoms with Gasteiger partial charge in [0.15, 0.2) is 15.7 Å². The van der Waals surface area contributed by atoms with Crippen LogP contribution in [0, 0.1) is 0 Å². The number of aliphatic hydroxyl groups is 2. The second-order valence-corrected chi connectivity index (χ2v) is 5.81. The maximum atomic E-state index is 11.9. The van der Waals surface area contributed by atoms with Crippen molar-refractivity contribution in [2.45, 2.75) is 12.3 Å². The van der Waals surface area contributed by atoms with Gasteiger partial charge in [-0.1, -0.05) is 0 Å². The molecule has 2 N–H and O–H groups in total. The van der Waals surface area contributed by atoms with Crippen molar-refractivity contribution in [3.63, 3.8) is 0 Å². The molecule has 8 heteroatoms. The van der Waals surface area contributed by atoms with Crippen LogP contribution in [-0.2, 0) is 0 Å². The van der Waals surface area contributed by atoms with Crippen molar-refractivity contribution in [3.05, 3.63) is 29.7 Å². The number of amides is 1. The fraction of sp³-hybridized carbons (Fsp3) is 0.286. The van der Waals surface area contributed by atoms with E-state index in [9.17, 15) is 15.0 Å². The Labute approximate surface area is 137 Å². The van der Waals surface area contributed by atoms with Crippen LogP contribution < -0.4 is 0 Å². The quantitative estimate of drug-likeness (QED) is 0.811. The summed E-state index contributed by atoms with van der Waals surface area (Å²) >= 11 is 9.37. The van der Waals surface area contributed by atoms with Crippen LogP contribution >= 0.6 is 24.4 Å². The number of fused-ring (bicyclic) bond motifs is 1. The Balaban J connectivity index is 2.43. The van der Waals surface area contributed by atoms with E-state index in [4.69, 9.17) is 16.6 Å². The zero-order valence-electron chi connectivity index (χ0n) is 11.9. The number of rotatable bonds is 5. The van der Waals surface area contributed by atoms with Crippen LogP contribution in [0.1, 0.15) is 28.6 Å². The molecule has 0 spiro atoms. The summed E-state index contributed by atoms with van der Waals surface area (Å²) in [6, 6.07) is 4.85. The highest BCUT2D eigenvalue weighted by Crippen LogP contribution is 2.26. The molecule has 1 unspecified atom stereocenters. The van der Waals surface area contributed by atoms with Crippen LogP contribution in [0.4, 0.5) is 0 Å². The van der Waals surface area contributed by atoms with Crippen molar-refractivity contribution in [3.8, 4) is 0 Å². The van der Waals surface area contributed by atoms with Gasteiger partial charge in [0.2, 0.25) is 5.89 Å². The molecule has 0 aliphatic heterocycles. The van der Waals surface area contributed by atoms with E-state index in [1.807, 2.05) is 0 Å². The molecule has 1 aromatic carbocycles. The highest BCUT2D eigenvalue weighted by atomic mass is 32.1. The lowest BCUT2D eigenvalue weighted by molar-refractivity contribution is 0.0827. The predicted octanol–water partition coefficient (Wildman–Crippen LogP) is 2.77. The van der Waals surface area contributed by atoms with Crippen LogP contribution in [0.3, 0.4) is 0 Å². The zero-order chi connectivity index (χ0) is 16.4. The van der Waals surface area contributed by atoms with Crippen molar-refractivity contribution < 1.29 is 19.4 Å². The van der Waals surface area contributed by atoms with Crippen molar-refractivity contribution in [2.24, 2.45) is 0 Å². The van der Waals surface area contributed by atoms with Gasteiger partial charge in [0, 0.05) is 26.1 Å². The predicted molar refractivity (Wildman–Crippen MR) is 89.8 cm³/mol. The summed E-state index contributed by atoms with van der Waals surface area (Å²) in [6.07, 6.45) is -0.0546. The largest absolute Gasteiger partial charge is 0.502 e. The van der Waals surface area contributed by atoms with E-state index in [0.717, 1.165) is 0 Å². The Kier molecular flexibility index (Phi) is 4.72. The molecule has 2 rings (SSSR count). The fourth-order valence-electron chi connectivity index (χ4n) is 1.94. The minimum atomic E-state index is -0.798. The Morgan fingerprint density at radius 1 is 1.36 bits per heavy atom. The van der Waals surface area contributed by atoms with Gasteiger partial charge in [-0.05, 0) is 42.6 Å². The van der Waals surface area contributed by atoms with E-state index in [0.29, 0.717) is 16.7 Å². The number of thiocarbonyl (C=S) groups is 2. The molecule has 1 amide bonds. The van der Waals surface area contributed by atoms with Gasteiger partial charge in [-0.2, -0.15) is 0 Å². The van der Waals surface area contributed by atoms with Gasteiger partial charge in [-0.25, -0.2) is 4.98 Å². The highest BCUT2D eigenvalue weighted by Gasteiger charge is 2.24. The smallest absolute Gasteiger partial charge is 0.253 e. The Morgan fingerprint density at radius 2 is 2.05 bits per heavy atom. The maximum absolute atomic E-state index is 11.9. The molecule has 0 bridgehead atoms. The van der Waals surface area contributed by atoms with E-state index in [2.05, 4.69) is 17.2 Å². The van der Waals surface area contributed by atoms with Crippen molar-refractivity contribution >= 4 is 51.5 Å². The van der Waals surface area contributed by atoms with Crippen LogP contribution in [-0.4, -0.2) is 50.2 Å². The fourth-order valence-corrected chi connectivity index (χ4v) is 2.29. The molecule has 6 nitrogen and oxygen atoms in total. The van der Waals surface area contributed by atoms with Gasteiger partial charge < -0.3 is 19.5 Å². The van der Waals surface area contributed by atoms with Gasteiger partial charge in [0.05, 0.1) is 0 Å². The van der Waals surface area contributed by atoms with E-state index in [1.54, 1.807) is 32.3 Å². The van der Waals surface area contributed by atoms with Crippen molar-refractivity contribution in [1.82, 2.24) is 9.88 Å². The monoisotopic (exact) mass is 338 g/mol. The number of oxazole rings is 1. The number of nitrogens with zero attached hydrogens (tertiary/aromatic N) is 2. The third-order valence-corrected chi connectivity index (χ3v) is 3.48. The molecule has 0 radical (unpaired) electrons. The summed E-state index contributed by atoms with van der Waals surface area (Å²) in [5, 5.41) is 18.1. The lowest BCUT2D eigenvalue weighted by Crippen LogP contribution is -2.21. The number of carbonyl (C=O) groups is 1. The van der Waals surface area contributed by atoms with Gasteiger partial charge >= 0.3 is 0 Å². The van der Waals surface area contributed by atoms with Crippen LogP contribution in [0.2, 0.25) is 0 Å². The Bertz CT molecular complexity index is 754. The number of carbonyl (C=O) groups excluding carboxylic acids is 1. The molecule has 1 heterocycles. The first-order valence-electron chi connectivity index (χ1n) is 6.36. The van der Waals surface area contributed by atoms with E-state index >= 15 is 0 Å². The summed E-state index contributed by atoms with van der Waals surface area (Å²) in [7, 11) is 3.31. The molecule has 116 valence electrons. The average molecular weight is 338 g/mol. The second kappa shape index (κ2) is 6.37. The number of hydrogen-bond acceptors (Lipinski definition) is 5. The van der Waals surface area contributed by atoms with E-state index in [-0.39, 0.29) is 28.3 Å². The molecule has 0 saturated heterocycles. The molecular formula is C14H14N2O4S2. The molecule has 1 aromatic heterocycles. The van der Waals surface area contributed by atoms with Gasteiger partial charge in [0.1, 0.15) is 11.4 Å². The first-order valence-corrected chi connectivity index (χ1v) is 7.18. The summed E-state index contributed by atoms with van der Waals surface area (Å²) in [5.74, 6) is -0.807. The standard InChI is InChI=1S/C14H14N2O4S2/c1-16(2)13(18)7-3-4-10-9(5-7)15-12(20-10)8(14(19)22)6-11(17)21/h3-5,8H,6H2,1-2H3,(H,17,21)(H,19,22). The second-order valence-electron chi connectivity index (χ2n) is 4.92. The molecule has 2 aromatic rings. The van der Waals surface area contributed by atoms with Gasteiger partial charge in [-0.3, -0.25) is 4.79 Å². The first-order chi connectivity index (χ1) is 10.3. The molecule has 0 saturated carbocycles. The molecule has 0 aliphatic carbocycles. The third-order valence-electron chi connectivity index (χ3n) is 3.03. The van der Waals surface area contributed by atoms with Crippen LogP contribution in [0.25, 0.3) is 11.1 Å². The summed E-state index contributed by atoms with van der Waals surface area (Å²) in [4.78, 5) is 17.6. The number of hydrogen-bond donors (Lipinski definition) is 2. The summed E-state index contributed by atoms with van der Waals surface area (Å²) < 4.78 is 5.53.